The Hall–Kier alpha value is -1.44. The van der Waals surface area contributed by atoms with Crippen LogP contribution in [0.1, 0.15) is 16.3 Å². The molecular formula is C13H16N2O3S2. The molecule has 1 aromatic carbocycles. The normalized spacial score (nSPS) is 11.6. The highest BCUT2D eigenvalue weighted by atomic mass is 32.2. The van der Waals surface area contributed by atoms with Gasteiger partial charge >= 0.3 is 0 Å². The van der Waals surface area contributed by atoms with Crippen LogP contribution >= 0.6 is 11.3 Å². The Balaban J connectivity index is 2.24. The molecule has 20 heavy (non-hydrogen) atoms. The monoisotopic (exact) mass is 312 g/mol. The van der Waals surface area contributed by atoms with Crippen molar-refractivity contribution >= 4 is 21.4 Å². The SMILES string of the molecule is COc1ccc(C)cc1S(=O)(=O)NCc1nc(C)cs1. The highest BCUT2D eigenvalue weighted by molar-refractivity contribution is 7.89. The third kappa shape index (κ3) is 3.36. The minimum absolute atomic E-state index is 0.147. The van der Waals surface area contributed by atoms with Crippen LogP contribution in [0.2, 0.25) is 0 Å². The first kappa shape index (κ1) is 15.0. The summed E-state index contributed by atoms with van der Waals surface area (Å²) in [6.45, 7) is 3.89. The van der Waals surface area contributed by atoms with Gasteiger partial charge in [0, 0.05) is 11.1 Å². The van der Waals surface area contributed by atoms with Gasteiger partial charge in [-0.1, -0.05) is 6.07 Å². The average Bonchev–Trinajstić information content (AvgIpc) is 2.82. The second-order valence-corrected chi connectivity index (χ2v) is 7.04. The van der Waals surface area contributed by atoms with Crippen LogP contribution in [0.3, 0.4) is 0 Å². The molecule has 108 valence electrons. The predicted octanol–water partition coefficient (Wildman–Crippen LogP) is 2.25. The van der Waals surface area contributed by atoms with Crippen molar-refractivity contribution in [2.45, 2.75) is 25.3 Å². The molecule has 0 aliphatic rings. The molecule has 0 atom stereocenters. The van der Waals surface area contributed by atoms with Crippen LogP contribution < -0.4 is 9.46 Å². The first-order valence-electron chi connectivity index (χ1n) is 5.97. The average molecular weight is 312 g/mol. The minimum atomic E-state index is -3.62. The van der Waals surface area contributed by atoms with Gasteiger partial charge in [0.15, 0.2) is 0 Å². The lowest BCUT2D eigenvalue weighted by Crippen LogP contribution is -2.23. The number of rotatable bonds is 5. The molecule has 0 fully saturated rings. The van der Waals surface area contributed by atoms with E-state index in [0.29, 0.717) is 5.75 Å². The van der Waals surface area contributed by atoms with E-state index in [-0.39, 0.29) is 11.4 Å². The van der Waals surface area contributed by atoms with Crippen LogP contribution in [0.4, 0.5) is 0 Å². The highest BCUT2D eigenvalue weighted by Gasteiger charge is 2.19. The van der Waals surface area contributed by atoms with Crippen LogP contribution in [0, 0.1) is 13.8 Å². The van der Waals surface area contributed by atoms with Gasteiger partial charge < -0.3 is 4.74 Å². The number of benzene rings is 1. The zero-order valence-electron chi connectivity index (χ0n) is 11.5. The minimum Gasteiger partial charge on any atom is -0.495 e. The van der Waals surface area contributed by atoms with E-state index in [0.717, 1.165) is 16.3 Å². The summed E-state index contributed by atoms with van der Waals surface area (Å²) in [4.78, 5) is 4.37. The summed E-state index contributed by atoms with van der Waals surface area (Å²) in [5, 5.41) is 2.62. The van der Waals surface area contributed by atoms with E-state index in [1.807, 2.05) is 25.3 Å². The van der Waals surface area contributed by atoms with E-state index in [1.54, 1.807) is 12.1 Å². The van der Waals surface area contributed by atoms with Gasteiger partial charge in [0.2, 0.25) is 10.0 Å². The van der Waals surface area contributed by atoms with Crippen LogP contribution in [0.5, 0.6) is 5.75 Å². The van der Waals surface area contributed by atoms with E-state index in [9.17, 15) is 8.42 Å². The molecule has 0 spiro atoms. The van der Waals surface area contributed by atoms with E-state index in [4.69, 9.17) is 4.74 Å². The molecular weight excluding hydrogens is 296 g/mol. The summed E-state index contributed by atoms with van der Waals surface area (Å²) in [5.41, 5.74) is 1.74. The van der Waals surface area contributed by atoms with Gasteiger partial charge in [-0.05, 0) is 31.5 Å². The van der Waals surface area contributed by atoms with Crippen molar-refractivity contribution < 1.29 is 13.2 Å². The fourth-order valence-corrected chi connectivity index (χ4v) is 3.75. The Bertz CT molecular complexity index is 708. The van der Waals surface area contributed by atoms with Crippen LogP contribution in [-0.4, -0.2) is 20.5 Å². The lowest BCUT2D eigenvalue weighted by atomic mass is 10.2. The number of nitrogens with zero attached hydrogens (tertiary/aromatic N) is 1. The quantitative estimate of drug-likeness (QED) is 0.919. The van der Waals surface area contributed by atoms with Crippen molar-refractivity contribution in [1.29, 1.82) is 0 Å². The Morgan fingerprint density at radius 3 is 2.70 bits per heavy atom. The van der Waals surface area contributed by atoms with Gasteiger partial charge in [-0.15, -0.1) is 11.3 Å². The largest absolute Gasteiger partial charge is 0.495 e. The van der Waals surface area contributed by atoms with Crippen molar-refractivity contribution in [1.82, 2.24) is 9.71 Å². The van der Waals surface area contributed by atoms with Crippen LogP contribution in [-0.2, 0) is 16.6 Å². The highest BCUT2D eigenvalue weighted by Crippen LogP contribution is 2.24. The molecule has 0 amide bonds. The Morgan fingerprint density at radius 2 is 2.10 bits per heavy atom. The standard InChI is InChI=1S/C13H16N2O3S2/c1-9-4-5-11(18-3)12(6-9)20(16,17)14-7-13-15-10(2)8-19-13/h4-6,8,14H,7H2,1-3H3. The molecule has 0 aliphatic carbocycles. The Morgan fingerprint density at radius 1 is 1.35 bits per heavy atom. The molecule has 0 unspecified atom stereocenters. The molecule has 0 radical (unpaired) electrons. The van der Waals surface area contributed by atoms with Gasteiger partial charge in [-0.2, -0.15) is 0 Å². The van der Waals surface area contributed by atoms with Crippen LogP contribution in [0.25, 0.3) is 0 Å². The fourth-order valence-electron chi connectivity index (χ4n) is 1.71. The first-order valence-corrected chi connectivity index (χ1v) is 8.34. The number of sulfonamides is 1. The third-order valence-electron chi connectivity index (χ3n) is 2.69. The number of ether oxygens (including phenoxy) is 1. The topological polar surface area (TPSA) is 68.3 Å². The number of hydrogen-bond acceptors (Lipinski definition) is 5. The van der Waals surface area contributed by atoms with Crippen LogP contribution in [0.15, 0.2) is 28.5 Å². The van der Waals surface area contributed by atoms with Crippen molar-refractivity contribution in [3.8, 4) is 5.75 Å². The first-order chi connectivity index (χ1) is 9.42. The molecule has 0 saturated heterocycles. The molecule has 2 aromatic rings. The number of aryl methyl sites for hydroxylation is 2. The second-order valence-electron chi connectivity index (χ2n) is 4.36. The summed E-state index contributed by atoms with van der Waals surface area (Å²) >= 11 is 1.43. The third-order valence-corrected chi connectivity index (χ3v) is 5.08. The van der Waals surface area contributed by atoms with Gasteiger partial charge in [0.05, 0.1) is 13.7 Å². The van der Waals surface area contributed by atoms with Crippen molar-refractivity contribution in [2.75, 3.05) is 7.11 Å². The zero-order chi connectivity index (χ0) is 14.8. The number of methoxy groups -OCH3 is 1. The maximum atomic E-state index is 12.3. The Labute approximate surface area is 122 Å². The summed E-state index contributed by atoms with van der Waals surface area (Å²) in [6, 6.07) is 5.05. The van der Waals surface area contributed by atoms with Crippen molar-refractivity contribution in [3.05, 3.63) is 39.8 Å². The summed E-state index contributed by atoms with van der Waals surface area (Å²) in [7, 11) is -2.17. The fraction of sp³-hybridized carbons (Fsp3) is 0.308. The summed E-state index contributed by atoms with van der Waals surface area (Å²) in [5.74, 6) is 0.332. The summed E-state index contributed by atoms with van der Waals surface area (Å²) in [6.07, 6.45) is 0. The van der Waals surface area contributed by atoms with E-state index in [1.165, 1.54) is 18.4 Å². The maximum absolute atomic E-state index is 12.3. The molecule has 5 nitrogen and oxygen atoms in total. The zero-order valence-corrected chi connectivity index (χ0v) is 13.1. The molecule has 1 N–H and O–H groups in total. The van der Waals surface area contributed by atoms with E-state index >= 15 is 0 Å². The van der Waals surface area contributed by atoms with E-state index in [2.05, 4.69) is 9.71 Å². The molecule has 1 heterocycles. The summed E-state index contributed by atoms with van der Waals surface area (Å²) < 4.78 is 32.3. The number of aromatic nitrogens is 1. The van der Waals surface area contributed by atoms with Crippen molar-refractivity contribution in [2.24, 2.45) is 0 Å². The molecule has 0 saturated carbocycles. The van der Waals surface area contributed by atoms with Gasteiger partial charge in [0.25, 0.3) is 0 Å². The maximum Gasteiger partial charge on any atom is 0.244 e. The number of thiazole rings is 1. The van der Waals surface area contributed by atoms with E-state index < -0.39 is 10.0 Å². The number of hydrogen-bond donors (Lipinski definition) is 1. The molecule has 0 aliphatic heterocycles. The molecule has 1 aromatic heterocycles. The number of nitrogens with one attached hydrogen (secondary N) is 1. The van der Waals surface area contributed by atoms with Gasteiger partial charge in [-0.25, -0.2) is 18.1 Å². The molecule has 7 heteroatoms. The predicted molar refractivity (Wildman–Crippen MR) is 78.6 cm³/mol. The lowest BCUT2D eigenvalue weighted by molar-refractivity contribution is 0.402. The Kier molecular flexibility index (Phi) is 4.42. The smallest absolute Gasteiger partial charge is 0.244 e. The molecule has 0 bridgehead atoms. The van der Waals surface area contributed by atoms with Gasteiger partial charge in [0.1, 0.15) is 15.7 Å². The molecule has 2 rings (SSSR count). The second kappa shape index (κ2) is 5.90. The lowest BCUT2D eigenvalue weighted by Gasteiger charge is -2.10. The van der Waals surface area contributed by atoms with Crippen molar-refractivity contribution in [3.63, 3.8) is 0 Å². The van der Waals surface area contributed by atoms with Gasteiger partial charge in [-0.3, -0.25) is 0 Å².